The fourth-order valence-corrected chi connectivity index (χ4v) is 2.79. The van der Waals surface area contributed by atoms with Crippen molar-refractivity contribution >= 4 is 22.3 Å². The highest BCUT2D eigenvalue weighted by molar-refractivity contribution is 5.91. The summed E-state index contributed by atoms with van der Waals surface area (Å²) in [6, 6.07) is 7.65. The lowest BCUT2D eigenvalue weighted by Crippen LogP contribution is -2.36. The third-order valence-corrected chi connectivity index (χ3v) is 4.27. The molecule has 2 N–H and O–H groups in total. The van der Waals surface area contributed by atoms with Crippen LogP contribution in [-0.4, -0.2) is 31.8 Å². The van der Waals surface area contributed by atoms with Crippen molar-refractivity contribution in [3.8, 4) is 11.5 Å². The zero-order chi connectivity index (χ0) is 19.2. The van der Waals surface area contributed by atoms with Gasteiger partial charge in [0.15, 0.2) is 5.75 Å². The highest BCUT2D eigenvalue weighted by atomic mass is 16.5. The number of hydrogen-bond donors (Lipinski definition) is 2. The predicted octanol–water partition coefficient (Wildman–Crippen LogP) is 2.54. The molecule has 3 rings (SSSR count). The van der Waals surface area contributed by atoms with E-state index < -0.39 is 10.9 Å². The van der Waals surface area contributed by atoms with Crippen molar-refractivity contribution in [1.29, 1.82) is 0 Å². The molecule has 2 aromatic carbocycles. The number of pyridine rings is 1. The first-order valence-corrected chi connectivity index (χ1v) is 9.02. The Morgan fingerprint density at radius 1 is 1.11 bits per heavy atom. The summed E-state index contributed by atoms with van der Waals surface area (Å²) >= 11 is 0. The molecule has 0 aliphatic heterocycles. The van der Waals surface area contributed by atoms with Gasteiger partial charge in [-0.2, -0.15) is 0 Å². The van der Waals surface area contributed by atoms with Crippen LogP contribution in [-0.2, 0) is 0 Å². The van der Waals surface area contributed by atoms with Crippen molar-refractivity contribution in [3.05, 3.63) is 50.9 Å². The highest BCUT2D eigenvalue weighted by Crippen LogP contribution is 2.27. The highest BCUT2D eigenvalue weighted by Gasteiger charge is 2.21. The molecule has 0 spiro atoms. The molecule has 0 amide bonds. The summed E-state index contributed by atoms with van der Waals surface area (Å²) in [4.78, 5) is 27.8. The van der Waals surface area contributed by atoms with E-state index in [1.54, 1.807) is 13.3 Å². The van der Waals surface area contributed by atoms with Gasteiger partial charge in [-0.1, -0.05) is 19.4 Å². The predicted molar refractivity (Wildman–Crippen MR) is 107 cm³/mol. The van der Waals surface area contributed by atoms with Gasteiger partial charge in [0.1, 0.15) is 11.4 Å². The third-order valence-electron chi connectivity index (χ3n) is 4.27. The number of anilines is 2. The lowest BCUT2D eigenvalue weighted by molar-refractivity contribution is 0.305. The van der Waals surface area contributed by atoms with Gasteiger partial charge in [0.05, 0.1) is 24.9 Å². The van der Waals surface area contributed by atoms with Gasteiger partial charge in [-0.15, -0.1) is 0 Å². The zero-order valence-corrected chi connectivity index (χ0v) is 15.5. The molecule has 0 aliphatic rings. The minimum Gasteiger partial charge on any atom is -0.497 e. The Kier molecular flexibility index (Phi) is 5.90. The molecule has 27 heavy (non-hydrogen) atoms. The Morgan fingerprint density at radius 2 is 1.93 bits per heavy atom. The lowest BCUT2D eigenvalue weighted by atomic mass is 10.1. The normalized spacial score (nSPS) is 10.9. The summed E-state index contributed by atoms with van der Waals surface area (Å²) in [5, 5.41) is 7.26. The Balaban J connectivity index is 1.62. The molecule has 7 nitrogen and oxygen atoms in total. The van der Waals surface area contributed by atoms with Crippen molar-refractivity contribution in [2.24, 2.45) is 0 Å². The average Bonchev–Trinajstić information content (AvgIpc) is 2.71. The Morgan fingerprint density at radius 3 is 2.70 bits per heavy atom. The second-order valence-electron chi connectivity index (χ2n) is 6.17. The molecule has 3 aromatic rings. The molecule has 1 aromatic heterocycles. The number of unbranched alkanes of at least 4 members (excludes halogenated alkanes) is 1. The summed E-state index contributed by atoms with van der Waals surface area (Å²) in [7, 11) is 1.62. The van der Waals surface area contributed by atoms with Crippen LogP contribution in [0.4, 0.5) is 11.4 Å². The number of methoxy groups -OCH3 is 1. The molecule has 142 valence electrons. The molecule has 0 saturated carbocycles. The van der Waals surface area contributed by atoms with E-state index >= 15 is 0 Å². The Bertz CT molecular complexity index is 993. The van der Waals surface area contributed by atoms with Crippen LogP contribution in [0.3, 0.4) is 0 Å². The van der Waals surface area contributed by atoms with Crippen molar-refractivity contribution in [3.63, 3.8) is 0 Å². The van der Waals surface area contributed by atoms with E-state index in [1.165, 1.54) is 0 Å². The fourth-order valence-electron chi connectivity index (χ4n) is 2.79. The lowest BCUT2D eigenvalue weighted by Gasteiger charge is -2.15. The van der Waals surface area contributed by atoms with Crippen LogP contribution < -0.4 is 31.0 Å². The van der Waals surface area contributed by atoms with E-state index in [2.05, 4.69) is 15.6 Å². The summed E-state index contributed by atoms with van der Waals surface area (Å²) < 4.78 is 10.7. The number of fused-ring (bicyclic) bond motifs is 1. The van der Waals surface area contributed by atoms with Crippen LogP contribution in [0.2, 0.25) is 0 Å². The van der Waals surface area contributed by atoms with Gasteiger partial charge in [0.2, 0.25) is 0 Å². The molecule has 7 heteroatoms. The topological polar surface area (TPSA) is 89.5 Å². The summed E-state index contributed by atoms with van der Waals surface area (Å²) in [5.41, 5.74) is 0.887. The maximum Gasteiger partial charge on any atom is 0.272 e. The van der Waals surface area contributed by atoms with Gasteiger partial charge in [0.25, 0.3) is 10.9 Å². The SMILES string of the molecule is CCCCOc1c(NCCNc2cc(OC)cc3cccnc23)c(=O)c1=O. The Labute approximate surface area is 157 Å². The van der Waals surface area contributed by atoms with E-state index in [4.69, 9.17) is 9.47 Å². The van der Waals surface area contributed by atoms with E-state index in [0.29, 0.717) is 19.7 Å². The molecule has 1 heterocycles. The molecular formula is C20H23N3O4. The molecule has 0 bridgehead atoms. The number of rotatable bonds is 10. The fraction of sp³-hybridized carbons (Fsp3) is 0.350. The number of ether oxygens (including phenoxy) is 2. The van der Waals surface area contributed by atoms with Crippen LogP contribution in [0.25, 0.3) is 10.9 Å². The number of aromatic nitrogens is 1. The maximum atomic E-state index is 11.7. The molecule has 0 fully saturated rings. The van der Waals surface area contributed by atoms with Crippen LogP contribution >= 0.6 is 0 Å². The molecule has 0 radical (unpaired) electrons. The zero-order valence-electron chi connectivity index (χ0n) is 15.5. The first kappa shape index (κ1) is 18.7. The van der Waals surface area contributed by atoms with E-state index in [-0.39, 0.29) is 11.4 Å². The average molecular weight is 369 g/mol. The first-order valence-electron chi connectivity index (χ1n) is 9.02. The van der Waals surface area contributed by atoms with Crippen molar-refractivity contribution in [2.75, 3.05) is 37.4 Å². The molecule has 0 saturated heterocycles. The summed E-state index contributed by atoms with van der Waals surface area (Å²) in [5.74, 6) is 0.891. The number of nitrogens with one attached hydrogen (secondary N) is 2. The smallest absolute Gasteiger partial charge is 0.272 e. The quantitative estimate of drug-likeness (QED) is 0.419. The van der Waals surface area contributed by atoms with E-state index in [9.17, 15) is 9.59 Å². The Hall–Kier alpha value is -3.09. The standard InChI is InChI=1S/C20H23N3O4/c1-3-4-10-27-20-17(18(24)19(20)25)23-9-8-21-15-12-14(26-2)11-13-6-5-7-22-16(13)15/h5-7,11-12,21,23H,3-4,8-10H2,1-2H3. The van der Waals surface area contributed by atoms with Crippen molar-refractivity contribution < 1.29 is 9.47 Å². The second-order valence-corrected chi connectivity index (χ2v) is 6.17. The van der Waals surface area contributed by atoms with Gasteiger partial charge in [-0.25, -0.2) is 0 Å². The minimum absolute atomic E-state index is 0.155. The van der Waals surface area contributed by atoms with E-state index in [1.807, 2.05) is 31.2 Å². The monoisotopic (exact) mass is 369 g/mol. The van der Waals surface area contributed by atoms with Crippen LogP contribution in [0.1, 0.15) is 19.8 Å². The van der Waals surface area contributed by atoms with Gasteiger partial charge < -0.3 is 20.1 Å². The van der Waals surface area contributed by atoms with Gasteiger partial charge in [0, 0.05) is 30.7 Å². The van der Waals surface area contributed by atoms with Gasteiger partial charge in [-0.3, -0.25) is 14.6 Å². The maximum absolute atomic E-state index is 11.7. The van der Waals surface area contributed by atoms with Crippen molar-refractivity contribution in [2.45, 2.75) is 19.8 Å². The van der Waals surface area contributed by atoms with Crippen LogP contribution in [0.15, 0.2) is 40.1 Å². The molecular weight excluding hydrogens is 346 g/mol. The van der Waals surface area contributed by atoms with Gasteiger partial charge in [-0.05, 0) is 18.6 Å². The minimum atomic E-state index is -0.551. The second kappa shape index (κ2) is 8.53. The largest absolute Gasteiger partial charge is 0.497 e. The van der Waals surface area contributed by atoms with Crippen LogP contribution in [0, 0.1) is 0 Å². The van der Waals surface area contributed by atoms with E-state index in [0.717, 1.165) is 35.2 Å². The molecule has 0 atom stereocenters. The van der Waals surface area contributed by atoms with Crippen molar-refractivity contribution in [1.82, 2.24) is 4.98 Å². The van der Waals surface area contributed by atoms with Gasteiger partial charge >= 0.3 is 0 Å². The third kappa shape index (κ3) is 4.02. The molecule has 0 unspecified atom stereocenters. The molecule has 0 aliphatic carbocycles. The van der Waals surface area contributed by atoms with Crippen LogP contribution in [0.5, 0.6) is 11.5 Å². The first-order chi connectivity index (χ1) is 13.2. The number of nitrogens with zero attached hydrogens (tertiary/aromatic N) is 1. The number of hydrogen-bond acceptors (Lipinski definition) is 7. The summed E-state index contributed by atoms with van der Waals surface area (Å²) in [6.45, 7) is 3.47. The summed E-state index contributed by atoms with van der Waals surface area (Å²) in [6.07, 6.45) is 3.54. The number of benzene rings is 1.